The first-order valence-corrected chi connectivity index (χ1v) is 8.46. The number of benzene rings is 1. The number of fused-ring (bicyclic) bond motifs is 1. The highest BCUT2D eigenvalue weighted by Gasteiger charge is 2.30. The third-order valence-electron chi connectivity index (χ3n) is 4.18. The van der Waals surface area contributed by atoms with Crippen molar-refractivity contribution in [3.8, 4) is 11.3 Å². The molecule has 3 heterocycles. The molecule has 0 radical (unpaired) electrons. The summed E-state index contributed by atoms with van der Waals surface area (Å²) in [4.78, 5) is 12.2. The molecule has 23 heavy (non-hydrogen) atoms. The molecule has 0 saturated carbocycles. The molecule has 1 aromatic heterocycles. The van der Waals surface area contributed by atoms with Crippen LogP contribution in [-0.2, 0) is 17.8 Å². The van der Waals surface area contributed by atoms with Gasteiger partial charge in [-0.15, -0.1) is 0 Å². The number of hydrogen-bond donors (Lipinski definition) is 1. The van der Waals surface area contributed by atoms with Crippen molar-refractivity contribution in [2.75, 3.05) is 24.6 Å². The lowest BCUT2D eigenvalue weighted by Crippen LogP contribution is -2.49. The van der Waals surface area contributed by atoms with E-state index in [2.05, 4.69) is 4.98 Å². The second-order valence-corrected chi connectivity index (χ2v) is 6.46. The van der Waals surface area contributed by atoms with Crippen LogP contribution in [0.2, 0.25) is 0 Å². The summed E-state index contributed by atoms with van der Waals surface area (Å²) in [6, 6.07) is 7.99. The van der Waals surface area contributed by atoms with E-state index in [4.69, 9.17) is 14.9 Å². The molecule has 0 atom stereocenters. The molecule has 120 valence electrons. The minimum Gasteiger partial charge on any atom is -0.375 e. The fourth-order valence-electron chi connectivity index (χ4n) is 2.93. The largest absolute Gasteiger partial charge is 0.375 e. The van der Waals surface area contributed by atoms with E-state index in [0.29, 0.717) is 32.3 Å². The first kappa shape index (κ1) is 14.9. The average Bonchev–Trinajstić information content (AvgIpc) is 2.58. The number of rotatable bonds is 3. The lowest BCUT2D eigenvalue weighted by Gasteiger charge is -2.35. The van der Waals surface area contributed by atoms with Gasteiger partial charge in [0.25, 0.3) is 0 Å². The van der Waals surface area contributed by atoms with Crippen LogP contribution < -0.4 is 10.0 Å². The fraction of sp³-hybridized carbons (Fsp3) is 0.375. The molecule has 7 heteroatoms. The molecule has 2 N–H and O–H groups in total. The van der Waals surface area contributed by atoms with Crippen LogP contribution in [0.25, 0.3) is 11.3 Å². The summed E-state index contributed by atoms with van der Waals surface area (Å²) in [6.07, 6.45) is 0.00254. The lowest BCUT2D eigenvalue weighted by molar-refractivity contribution is 0.107. The second-order valence-electron chi connectivity index (χ2n) is 5.75. The number of halogens is 1. The summed E-state index contributed by atoms with van der Waals surface area (Å²) < 4.78 is 18.7. The summed E-state index contributed by atoms with van der Waals surface area (Å²) in [5, 5.41) is 5.67. The minimum absolute atomic E-state index is 0.359. The lowest BCUT2D eigenvalue weighted by atomic mass is 10.0. The van der Waals surface area contributed by atoms with Crippen molar-refractivity contribution in [2.45, 2.75) is 24.1 Å². The monoisotopic (exact) mass is 332 g/mol. The van der Waals surface area contributed by atoms with Gasteiger partial charge in [0.05, 0.1) is 37.7 Å². The van der Waals surface area contributed by atoms with Crippen molar-refractivity contribution in [3.63, 3.8) is 0 Å². The third kappa shape index (κ3) is 2.80. The number of nitrogens with two attached hydrogens (primary N) is 1. The van der Waals surface area contributed by atoms with Gasteiger partial charge >= 0.3 is 0 Å². The third-order valence-corrected chi connectivity index (χ3v) is 4.71. The van der Waals surface area contributed by atoms with E-state index in [1.807, 2.05) is 29.2 Å². The van der Waals surface area contributed by atoms with Gasteiger partial charge in [0, 0.05) is 16.0 Å². The van der Waals surface area contributed by atoms with Gasteiger partial charge in [-0.2, -0.15) is 0 Å². The van der Waals surface area contributed by atoms with Gasteiger partial charge in [-0.25, -0.2) is 14.4 Å². The summed E-state index contributed by atoms with van der Waals surface area (Å²) >= 11 is 1.21. The van der Waals surface area contributed by atoms with Crippen molar-refractivity contribution in [1.29, 1.82) is 0 Å². The summed E-state index contributed by atoms with van der Waals surface area (Å²) in [6.45, 7) is 1.87. The van der Waals surface area contributed by atoms with E-state index in [1.165, 1.54) is 11.9 Å². The van der Waals surface area contributed by atoms with Gasteiger partial charge < -0.3 is 9.64 Å². The van der Waals surface area contributed by atoms with Crippen LogP contribution in [0.1, 0.15) is 11.3 Å². The van der Waals surface area contributed by atoms with Gasteiger partial charge in [-0.3, -0.25) is 5.14 Å². The Labute approximate surface area is 138 Å². The Balaban J connectivity index is 1.81. The predicted molar refractivity (Wildman–Crippen MR) is 88.0 cm³/mol. The van der Waals surface area contributed by atoms with Crippen LogP contribution in [-0.4, -0.2) is 35.8 Å². The fourth-order valence-corrected chi connectivity index (χ4v) is 3.28. The van der Waals surface area contributed by atoms with E-state index in [0.717, 1.165) is 33.8 Å². The van der Waals surface area contributed by atoms with Crippen LogP contribution in [0.15, 0.2) is 29.2 Å². The van der Waals surface area contributed by atoms with Crippen LogP contribution in [0, 0.1) is 0 Å². The van der Waals surface area contributed by atoms with Gasteiger partial charge in [-0.05, 0) is 30.5 Å². The molecule has 0 aliphatic carbocycles. The minimum atomic E-state index is -0.786. The van der Waals surface area contributed by atoms with Crippen molar-refractivity contribution < 1.29 is 9.13 Å². The number of anilines is 1. The standard InChI is InChI=1S/C16H17FN4OS/c17-11-7-21(8-11)16-19-14-9-22-5-4-13(14)15(20-16)10-2-1-3-12(6-10)23-18/h1-3,6,11H,4-5,7-9,18H2. The molecule has 2 aliphatic heterocycles. The van der Waals surface area contributed by atoms with E-state index < -0.39 is 6.17 Å². The molecule has 0 unspecified atom stereocenters. The van der Waals surface area contributed by atoms with Gasteiger partial charge in [0.1, 0.15) is 6.17 Å². The SMILES string of the molecule is NSc1cccc(-c2nc(N3CC(F)C3)nc3c2CCOC3)c1. The van der Waals surface area contributed by atoms with E-state index in [-0.39, 0.29) is 0 Å². The Hall–Kier alpha value is -1.70. The smallest absolute Gasteiger partial charge is 0.226 e. The van der Waals surface area contributed by atoms with E-state index >= 15 is 0 Å². The summed E-state index contributed by atoms with van der Waals surface area (Å²) in [5.41, 5.74) is 3.95. The Bertz CT molecular complexity index is 736. The highest BCUT2D eigenvalue weighted by atomic mass is 32.2. The van der Waals surface area contributed by atoms with Crippen LogP contribution in [0.3, 0.4) is 0 Å². The quantitative estimate of drug-likeness (QED) is 0.871. The Morgan fingerprint density at radius 1 is 1.30 bits per heavy atom. The summed E-state index contributed by atoms with van der Waals surface area (Å²) in [7, 11) is 0. The second kappa shape index (κ2) is 6.07. The molecule has 1 saturated heterocycles. The zero-order valence-corrected chi connectivity index (χ0v) is 13.4. The van der Waals surface area contributed by atoms with Gasteiger partial charge in [0.2, 0.25) is 5.95 Å². The number of alkyl halides is 1. The molecule has 2 aliphatic rings. The molecule has 0 spiro atoms. The number of hydrogen-bond acceptors (Lipinski definition) is 6. The van der Waals surface area contributed by atoms with Crippen molar-refractivity contribution >= 4 is 17.9 Å². The highest BCUT2D eigenvalue weighted by Crippen LogP contribution is 2.32. The predicted octanol–water partition coefficient (Wildman–Crippen LogP) is 2.34. The normalized spacial score (nSPS) is 17.7. The molecule has 1 fully saturated rings. The number of nitrogens with zero attached hydrogens (tertiary/aromatic N) is 3. The van der Waals surface area contributed by atoms with Crippen molar-refractivity contribution in [1.82, 2.24) is 9.97 Å². The molecular formula is C16H17FN4OS. The molecule has 5 nitrogen and oxygen atoms in total. The Kier molecular flexibility index (Phi) is 3.92. The van der Waals surface area contributed by atoms with Crippen LogP contribution in [0.4, 0.5) is 10.3 Å². The topological polar surface area (TPSA) is 64.3 Å². The van der Waals surface area contributed by atoms with E-state index in [1.54, 1.807) is 0 Å². The van der Waals surface area contributed by atoms with Gasteiger partial charge in [-0.1, -0.05) is 12.1 Å². The van der Waals surface area contributed by atoms with Crippen LogP contribution >= 0.6 is 11.9 Å². The number of aromatic nitrogens is 2. The van der Waals surface area contributed by atoms with E-state index in [9.17, 15) is 4.39 Å². The average molecular weight is 332 g/mol. The number of ether oxygens (including phenoxy) is 1. The molecule has 0 amide bonds. The van der Waals surface area contributed by atoms with Crippen molar-refractivity contribution in [3.05, 3.63) is 35.5 Å². The molecule has 4 rings (SSSR count). The zero-order valence-electron chi connectivity index (χ0n) is 12.5. The first-order chi connectivity index (χ1) is 11.2. The van der Waals surface area contributed by atoms with Gasteiger partial charge in [0.15, 0.2) is 0 Å². The maximum Gasteiger partial charge on any atom is 0.226 e. The molecular weight excluding hydrogens is 315 g/mol. The zero-order chi connectivity index (χ0) is 15.8. The highest BCUT2D eigenvalue weighted by molar-refractivity contribution is 7.97. The Morgan fingerprint density at radius 2 is 2.17 bits per heavy atom. The Morgan fingerprint density at radius 3 is 2.96 bits per heavy atom. The molecule has 0 bridgehead atoms. The first-order valence-electron chi connectivity index (χ1n) is 7.58. The molecule has 2 aromatic rings. The maximum absolute atomic E-state index is 13.2. The summed E-state index contributed by atoms with van der Waals surface area (Å²) in [5.74, 6) is 0.587. The maximum atomic E-state index is 13.2. The molecule has 1 aromatic carbocycles. The van der Waals surface area contributed by atoms with Crippen molar-refractivity contribution in [2.24, 2.45) is 5.14 Å². The van der Waals surface area contributed by atoms with Crippen LogP contribution in [0.5, 0.6) is 0 Å².